The van der Waals surface area contributed by atoms with E-state index in [0.29, 0.717) is 24.2 Å². The Morgan fingerprint density at radius 2 is 0.816 bits per heavy atom. The van der Waals surface area contributed by atoms with Gasteiger partial charge in [0.05, 0.1) is 0 Å². The number of hydrogen-bond donors (Lipinski definition) is 0. The lowest BCUT2D eigenvalue weighted by molar-refractivity contribution is 0.173. The van der Waals surface area contributed by atoms with Crippen LogP contribution < -0.4 is 0 Å². The Labute approximate surface area is 241 Å². The zero-order valence-corrected chi connectivity index (χ0v) is 26.5. The molecule has 0 radical (unpaired) electrons. The Bertz CT molecular complexity index is 815. The fourth-order valence-corrected chi connectivity index (χ4v) is 5.95. The van der Waals surface area contributed by atoms with Gasteiger partial charge in [-0.2, -0.15) is 0 Å². The molecule has 2 aromatic carbocycles. The molecule has 4 nitrogen and oxygen atoms in total. The Balaban J connectivity index is 0.000000380. The number of rotatable bonds is 12. The van der Waals surface area contributed by atoms with Crippen LogP contribution in [0.15, 0.2) is 60.7 Å². The highest BCUT2D eigenvalue weighted by atomic mass is 32.2. The number of carbonyl (C=O) groups excluding carboxylic acids is 2. The molecule has 0 aliphatic heterocycles. The second-order valence-electron chi connectivity index (χ2n) is 9.92. The molecule has 0 aliphatic rings. The standard InChI is InChI=1S/2C16H25NOS/c2*1-5-13(3)17(14(4)6-2)16(18)19-12-15-10-8-7-9-11-15/h2*7-11,13-14H,5-6,12H2,1-4H3. The molecule has 212 valence electrons. The van der Waals surface area contributed by atoms with Crippen molar-refractivity contribution >= 4 is 34.0 Å². The fourth-order valence-electron chi connectivity index (χ4n) is 3.96. The Kier molecular flexibility index (Phi) is 17.2. The highest BCUT2D eigenvalue weighted by Crippen LogP contribution is 2.23. The number of nitrogens with zero attached hydrogens (tertiary/aromatic N) is 2. The molecule has 0 aromatic heterocycles. The molecule has 4 unspecified atom stereocenters. The molecule has 2 aromatic rings. The van der Waals surface area contributed by atoms with Gasteiger partial charge < -0.3 is 9.80 Å². The Morgan fingerprint density at radius 1 is 0.553 bits per heavy atom. The van der Waals surface area contributed by atoms with E-state index in [1.165, 1.54) is 34.7 Å². The van der Waals surface area contributed by atoms with Crippen LogP contribution in [0.3, 0.4) is 0 Å². The summed E-state index contributed by atoms with van der Waals surface area (Å²) in [7, 11) is 0. The first-order chi connectivity index (χ1) is 18.2. The van der Waals surface area contributed by atoms with E-state index in [4.69, 9.17) is 0 Å². The summed E-state index contributed by atoms with van der Waals surface area (Å²) in [6.45, 7) is 17.1. The van der Waals surface area contributed by atoms with Gasteiger partial charge in [-0.25, -0.2) is 0 Å². The van der Waals surface area contributed by atoms with Gasteiger partial charge >= 0.3 is 0 Å². The van der Waals surface area contributed by atoms with Gasteiger partial charge in [-0.05, 0) is 64.5 Å². The first-order valence-corrected chi connectivity index (χ1v) is 16.1. The fraction of sp³-hybridized carbons (Fsp3) is 0.562. The molecular formula is C32H50N2O2S2. The van der Waals surface area contributed by atoms with Crippen molar-refractivity contribution in [3.05, 3.63) is 71.8 Å². The predicted octanol–water partition coefficient (Wildman–Crippen LogP) is 9.88. The smallest absolute Gasteiger partial charge is 0.282 e. The normalized spacial score (nSPS) is 13.9. The maximum atomic E-state index is 12.4. The minimum Gasteiger partial charge on any atom is -0.328 e. The Morgan fingerprint density at radius 3 is 1.05 bits per heavy atom. The van der Waals surface area contributed by atoms with Crippen LogP contribution in [0.25, 0.3) is 0 Å². The summed E-state index contributed by atoms with van der Waals surface area (Å²) in [5, 5.41) is 0.403. The van der Waals surface area contributed by atoms with E-state index < -0.39 is 0 Å². The average molecular weight is 559 g/mol. The summed E-state index contributed by atoms with van der Waals surface area (Å²) in [6, 6.07) is 21.6. The van der Waals surface area contributed by atoms with Crippen LogP contribution >= 0.6 is 23.5 Å². The largest absolute Gasteiger partial charge is 0.328 e. The molecule has 0 saturated heterocycles. The number of carbonyl (C=O) groups is 2. The van der Waals surface area contributed by atoms with E-state index in [9.17, 15) is 9.59 Å². The molecule has 0 N–H and O–H groups in total. The number of benzene rings is 2. The molecule has 38 heavy (non-hydrogen) atoms. The number of amides is 2. The number of hydrogen-bond acceptors (Lipinski definition) is 4. The molecular weight excluding hydrogens is 508 g/mol. The summed E-state index contributed by atoms with van der Waals surface area (Å²) < 4.78 is 0. The van der Waals surface area contributed by atoms with Crippen molar-refractivity contribution in [1.82, 2.24) is 9.80 Å². The quantitative estimate of drug-likeness (QED) is 0.260. The lowest BCUT2D eigenvalue weighted by Crippen LogP contribution is -2.42. The van der Waals surface area contributed by atoms with Crippen molar-refractivity contribution in [3.63, 3.8) is 0 Å². The van der Waals surface area contributed by atoms with E-state index in [1.54, 1.807) is 0 Å². The highest BCUT2D eigenvalue weighted by Gasteiger charge is 2.24. The minimum absolute atomic E-state index is 0.201. The summed E-state index contributed by atoms with van der Waals surface area (Å²) in [4.78, 5) is 28.9. The average Bonchev–Trinajstić information content (AvgIpc) is 2.96. The topological polar surface area (TPSA) is 40.6 Å². The van der Waals surface area contributed by atoms with Gasteiger partial charge in [-0.15, -0.1) is 0 Å². The molecule has 0 heterocycles. The van der Waals surface area contributed by atoms with Gasteiger partial charge in [0.15, 0.2) is 0 Å². The van der Waals surface area contributed by atoms with E-state index in [1.807, 2.05) is 46.2 Å². The van der Waals surface area contributed by atoms with Crippen LogP contribution in [0.4, 0.5) is 9.59 Å². The van der Waals surface area contributed by atoms with Crippen LogP contribution in [0.5, 0.6) is 0 Å². The van der Waals surface area contributed by atoms with Crippen LogP contribution in [0.2, 0.25) is 0 Å². The first kappa shape index (κ1) is 34.1. The van der Waals surface area contributed by atoms with E-state index in [0.717, 1.165) is 37.2 Å². The van der Waals surface area contributed by atoms with Crippen molar-refractivity contribution in [3.8, 4) is 0 Å². The molecule has 0 aliphatic carbocycles. The lowest BCUT2D eigenvalue weighted by atomic mass is 10.1. The Hall–Kier alpha value is -1.92. The second kappa shape index (κ2) is 19.2. The third-order valence-electron chi connectivity index (χ3n) is 7.09. The van der Waals surface area contributed by atoms with Gasteiger partial charge in [0, 0.05) is 35.7 Å². The van der Waals surface area contributed by atoms with E-state index >= 15 is 0 Å². The van der Waals surface area contributed by atoms with Gasteiger partial charge in [-0.1, -0.05) is 112 Å². The monoisotopic (exact) mass is 558 g/mol. The molecule has 0 bridgehead atoms. The lowest BCUT2D eigenvalue weighted by Gasteiger charge is -2.33. The molecule has 0 saturated carbocycles. The summed E-state index contributed by atoms with van der Waals surface area (Å²) in [5.74, 6) is 1.51. The maximum Gasteiger partial charge on any atom is 0.282 e. The zero-order chi connectivity index (χ0) is 28.5. The van der Waals surface area contributed by atoms with Gasteiger partial charge in [0.2, 0.25) is 0 Å². The van der Waals surface area contributed by atoms with Crippen molar-refractivity contribution in [2.75, 3.05) is 0 Å². The third kappa shape index (κ3) is 11.9. The van der Waals surface area contributed by atoms with Gasteiger partial charge in [0.1, 0.15) is 0 Å². The van der Waals surface area contributed by atoms with Crippen molar-refractivity contribution < 1.29 is 9.59 Å². The summed E-state index contributed by atoms with van der Waals surface area (Å²) in [6.07, 6.45) is 4.01. The van der Waals surface area contributed by atoms with Crippen LogP contribution in [-0.4, -0.2) is 44.4 Å². The molecule has 6 heteroatoms. The second-order valence-corrected chi connectivity index (χ2v) is 11.8. The van der Waals surface area contributed by atoms with Gasteiger partial charge in [-0.3, -0.25) is 9.59 Å². The molecule has 2 amide bonds. The summed E-state index contributed by atoms with van der Waals surface area (Å²) in [5.41, 5.74) is 2.41. The maximum absolute atomic E-state index is 12.4. The van der Waals surface area contributed by atoms with Crippen molar-refractivity contribution in [2.45, 2.75) is 117 Å². The highest BCUT2D eigenvalue weighted by molar-refractivity contribution is 8.13. The van der Waals surface area contributed by atoms with Crippen molar-refractivity contribution in [2.24, 2.45) is 0 Å². The first-order valence-electron chi connectivity index (χ1n) is 14.2. The van der Waals surface area contributed by atoms with Crippen LogP contribution in [0.1, 0.15) is 92.2 Å². The number of thioether (sulfide) groups is 2. The van der Waals surface area contributed by atoms with E-state index in [2.05, 4.69) is 79.7 Å². The van der Waals surface area contributed by atoms with Crippen LogP contribution in [0, 0.1) is 0 Å². The molecule has 4 atom stereocenters. The molecule has 0 fully saturated rings. The van der Waals surface area contributed by atoms with Crippen molar-refractivity contribution in [1.29, 1.82) is 0 Å². The minimum atomic E-state index is 0.201. The molecule has 0 spiro atoms. The summed E-state index contributed by atoms with van der Waals surface area (Å²) >= 11 is 2.82. The molecule has 2 rings (SSSR count). The SMILES string of the molecule is CCC(C)N(C(=O)SCc1ccccc1)C(C)CC.CCC(C)N(C(=O)SCc1ccccc1)C(C)CC. The predicted molar refractivity (Wildman–Crippen MR) is 169 cm³/mol. The van der Waals surface area contributed by atoms with E-state index in [-0.39, 0.29) is 10.5 Å². The third-order valence-corrected chi connectivity index (χ3v) is 8.97. The zero-order valence-electron chi connectivity index (χ0n) is 24.9. The van der Waals surface area contributed by atoms with Gasteiger partial charge in [0.25, 0.3) is 10.5 Å². The van der Waals surface area contributed by atoms with Crippen LogP contribution in [-0.2, 0) is 11.5 Å².